The lowest BCUT2D eigenvalue weighted by Crippen LogP contribution is -2.43. The van der Waals surface area contributed by atoms with Crippen LogP contribution >= 0.6 is 0 Å². The number of hydrogen-bond donors (Lipinski definition) is 5. The van der Waals surface area contributed by atoms with Crippen molar-refractivity contribution >= 4 is 11.6 Å². The molecule has 0 bridgehead atoms. The van der Waals surface area contributed by atoms with Gasteiger partial charge in [-0.05, 0) is 92.5 Å². The van der Waals surface area contributed by atoms with Crippen molar-refractivity contribution in [1.82, 2.24) is 10.2 Å². The average molecular weight is 652 g/mol. The largest absolute Gasteiger partial charge is 0.508 e. The summed E-state index contributed by atoms with van der Waals surface area (Å²) in [7, 11) is 0. The summed E-state index contributed by atoms with van der Waals surface area (Å²) in [6.07, 6.45) is 2.57. The topological polar surface area (TPSA) is 124 Å². The molecule has 6 rings (SSSR count). The molecule has 9 nitrogen and oxygen atoms in total. The summed E-state index contributed by atoms with van der Waals surface area (Å²) in [4.78, 5) is 14.1. The van der Waals surface area contributed by atoms with Crippen LogP contribution in [0.5, 0.6) is 23.0 Å². The van der Waals surface area contributed by atoms with Gasteiger partial charge in [0.25, 0.3) is 5.91 Å². The molecule has 48 heavy (non-hydrogen) atoms. The van der Waals surface area contributed by atoms with Crippen LogP contribution in [-0.4, -0.2) is 72.1 Å². The molecule has 2 aliphatic heterocycles. The molecule has 2 aliphatic rings. The van der Waals surface area contributed by atoms with Crippen LogP contribution in [0, 0.1) is 0 Å². The first-order chi connectivity index (χ1) is 23.4. The fraction of sp³-hybridized carbons (Fsp3) is 0.359. The summed E-state index contributed by atoms with van der Waals surface area (Å²) in [5.41, 5.74) is 5.04. The molecule has 0 saturated carbocycles. The molecule has 1 atom stereocenters. The summed E-state index contributed by atoms with van der Waals surface area (Å²) >= 11 is 0. The molecule has 4 aromatic carbocycles. The Morgan fingerprint density at radius 1 is 0.938 bits per heavy atom. The minimum Gasteiger partial charge on any atom is -0.508 e. The second-order valence-corrected chi connectivity index (χ2v) is 12.7. The molecule has 0 aliphatic carbocycles. The third-order valence-corrected chi connectivity index (χ3v) is 9.71. The quantitative estimate of drug-likeness (QED) is 0.0973. The van der Waals surface area contributed by atoms with Gasteiger partial charge in [-0.3, -0.25) is 4.79 Å². The number of fused-ring (bicyclic) bond motifs is 1. The number of nitrogens with zero attached hydrogens (tertiary/aromatic N) is 1. The van der Waals surface area contributed by atoms with Crippen molar-refractivity contribution in [3.8, 4) is 23.0 Å². The summed E-state index contributed by atoms with van der Waals surface area (Å²) in [5.74, 6) is 1.02. The first-order valence-corrected chi connectivity index (χ1v) is 16.9. The van der Waals surface area contributed by atoms with Gasteiger partial charge >= 0.3 is 0 Å². The Bertz CT molecular complexity index is 1690. The predicted molar refractivity (Wildman–Crippen MR) is 186 cm³/mol. The maximum atomic E-state index is 11.6. The molecule has 0 aromatic heterocycles. The van der Waals surface area contributed by atoms with Gasteiger partial charge in [-0.25, -0.2) is 0 Å². The van der Waals surface area contributed by atoms with Crippen LogP contribution in [0.4, 0.5) is 5.69 Å². The highest BCUT2D eigenvalue weighted by Gasteiger charge is 2.39. The van der Waals surface area contributed by atoms with E-state index >= 15 is 0 Å². The fourth-order valence-electron chi connectivity index (χ4n) is 6.90. The third-order valence-electron chi connectivity index (χ3n) is 9.71. The zero-order valence-electron chi connectivity index (χ0n) is 27.5. The van der Waals surface area contributed by atoms with Gasteiger partial charge in [0.1, 0.15) is 22.9 Å². The van der Waals surface area contributed by atoms with E-state index in [0.717, 1.165) is 67.8 Å². The van der Waals surface area contributed by atoms with Crippen molar-refractivity contribution in [3.05, 3.63) is 113 Å². The van der Waals surface area contributed by atoms with E-state index in [9.17, 15) is 20.1 Å². The Labute approximate surface area is 282 Å². The number of phenolic OH excluding ortho intramolecular Hbond substituents is 2. The van der Waals surface area contributed by atoms with Gasteiger partial charge < -0.3 is 40.3 Å². The molecule has 252 valence electrons. The molecule has 2 heterocycles. The number of benzene rings is 4. The van der Waals surface area contributed by atoms with Crippen molar-refractivity contribution in [2.75, 3.05) is 51.3 Å². The maximum Gasteiger partial charge on any atom is 0.262 e. The molecular formula is C39H45N3O6. The third kappa shape index (κ3) is 7.44. The monoisotopic (exact) mass is 651 g/mol. The van der Waals surface area contributed by atoms with Gasteiger partial charge in [0.2, 0.25) is 0 Å². The standard InChI is InChI=1S/C39H45N3O6/c1-2-42-21-18-39(19-22-42,29-6-4-3-5-7-29)32-24-28(10-14-33(32)43)17-23-47-30-11-8-27(9-12-30)16-20-40-25-35(45)31-13-15-34(44)37-38(31)48-26-36(46)41-37/h3-15,24,35,40,43-45H,2,16-23,25-26H2,1H3,(H,41,46)/t35-/m0/s1. The number of piperidine rings is 1. The second kappa shape index (κ2) is 15.1. The zero-order valence-corrected chi connectivity index (χ0v) is 27.5. The van der Waals surface area contributed by atoms with Gasteiger partial charge in [-0.2, -0.15) is 0 Å². The number of carbonyl (C=O) groups excluding carboxylic acids is 1. The number of aliphatic hydroxyl groups excluding tert-OH is 1. The van der Waals surface area contributed by atoms with Gasteiger partial charge in [-0.1, -0.05) is 61.5 Å². The molecule has 1 amide bonds. The SMILES string of the molecule is CCN1CCC(c2ccccc2)(c2cc(CCOc3ccc(CCNC[C@H](O)c4ccc(O)c5c4OCC(=O)N5)cc3)ccc2O)CC1. The van der Waals surface area contributed by atoms with Crippen molar-refractivity contribution in [2.24, 2.45) is 0 Å². The number of aromatic hydroxyl groups is 2. The van der Waals surface area contributed by atoms with Crippen LogP contribution < -0.4 is 20.1 Å². The summed E-state index contributed by atoms with van der Waals surface area (Å²) in [5, 5.41) is 37.8. The van der Waals surface area contributed by atoms with E-state index in [-0.39, 0.29) is 29.4 Å². The predicted octanol–water partition coefficient (Wildman–Crippen LogP) is 5.32. The van der Waals surface area contributed by atoms with Crippen molar-refractivity contribution in [2.45, 2.75) is 44.1 Å². The molecule has 1 fully saturated rings. The minimum atomic E-state index is -0.868. The lowest BCUT2D eigenvalue weighted by Gasteiger charge is -2.43. The molecule has 0 spiro atoms. The van der Waals surface area contributed by atoms with E-state index in [2.05, 4.69) is 52.8 Å². The van der Waals surface area contributed by atoms with Crippen LogP contribution in [0.25, 0.3) is 0 Å². The number of anilines is 1. The molecule has 5 N–H and O–H groups in total. The van der Waals surface area contributed by atoms with E-state index in [0.29, 0.717) is 36.8 Å². The lowest BCUT2D eigenvalue weighted by molar-refractivity contribution is -0.118. The Morgan fingerprint density at radius 3 is 2.42 bits per heavy atom. The number of aliphatic hydroxyl groups is 1. The minimum absolute atomic E-state index is 0.0981. The highest BCUT2D eigenvalue weighted by molar-refractivity contribution is 5.97. The van der Waals surface area contributed by atoms with Crippen LogP contribution in [0.15, 0.2) is 84.9 Å². The number of amides is 1. The smallest absolute Gasteiger partial charge is 0.262 e. The van der Waals surface area contributed by atoms with Gasteiger partial charge in [0.05, 0.1) is 12.7 Å². The van der Waals surface area contributed by atoms with Crippen LogP contribution in [-0.2, 0) is 23.1 Å². The van der Waals surface area contributed by atoms with Crippen LogP contribution in [0.1, 0.15) is 53.7 Å². The van der Waals surface area contributed by atoms with Crippen LogP contribution in [0.2, 0.25) is 0 Å². The van der Waals surface area contributed by atoms with Gasteiger partial charge in [-0.15, -0.1) is 0 Å². The Balaban J connectivity index is 0.998. The number of nitrogens with one attached hydrogen (secondary N) is 2. The van der Waals surface area contributed by atoms with Gasteiger partial charge in [0.15, 0.2) is 12.4 Å². The number of likely N-dealkylation sites (tertiary alicyclic amines) is 1. The maximum absolute atomic E-state index is 11.6. The molecule has 1 saturated heterocycles. The van der Waals surface area contributed by atoms with E-state index in [1.165, 1.54) is 11.6 Å². The molecule has 0 radical (unpaired) electrons. The van der Waals surface area contributed by atoms with E-state index in [4.69, 9.17) is 9.47 Å². The normalized spacial score (nSPS) is 16.4. The van der Waals surface area contributed by atoms with E-state index in [1.54, 1.807) is 6.07 Å². The lowest BCUT2D eigenvalue weighted by atomic mass is 9.67. The first kappa shape index (κ1) is 33.3. The van der Waals surface area contributed by atoms with Gasteiger partial charge in [0, 0.05) is 29.5 Å². The molecule has 4 aromatic rings. The average Bonchev–Trinajstić information content (AvgIpc) is 3.12. The molecular weight excluding hydrogens is 606 g/mol. The fourth-order valence-corrected chi connectivity index (χ4v) is 6.90. The summed E-state index contributed by atoms with van der Waals surface area (Å²) in [6, 6.07) is 27.7. The second-order valence-electron chi connectivity index (χ2n) is 12.7. The van der Waals surface area contributed by atoms with E-state index in [1.807, 2.05) is 42.5 Å². The molecule has 9 heteroatoms. The number of hydrogen-bond acceptors (Lipinski definition) is 8. The Hall–Kier alpha value is -4.57. The van der Waals surface area contributed by atoms with Crippen molar-refractivity contribution < 1.29 is 29.6 Å². The highest BCUT2D eigenvalue weighted by Crippen LogP contribution is 2.45. The summed E-state index contributed by atoms with van der Waals surface area (Å²) < 4.78 is 11.6. The Kier molecular flexibility index (Phi) is 10.5. The number of carbonyl (C=O) groups is 1. The van der Waals surface area contributed by atoms with Crippen molar-refractivity contribution in [1.29, 1.82) is 0 Å². The zero-order chi connectivity index (χ0) is 33.5. The Morgan fingerprint density at radius 2 is 1.67 bits per heavy atom. The highest BCUT2D eigenvalue weighted by atomic mass is 16.5. The molecule has 0 unspecified atom stereocenters. The number of ether oxygens (including phenoxy) is 2. The van der Waals surface area contributed by atoms with Crippen molar-refractivity contribution in [3.63, 3.8) is 0 Å². The van der Waals surface area contributed by atoms with Crippen LogP contribution in [0.3, 0.4) is 0 Å². The van der Waals surface area contributed by atoms with E-state index < -0.39 is 6.10 Å². The number of phenols is 2. The number of rotatable bonds is 13. The summed E-state index contributed by atoms with van der Waals surface area (Å²) in [6.45, 7) is 6.57. The first-order valence-electron chi connectivity index (χ1n) is 16.9.